The van der Waals surface area contributed by atoms with Crippen molar-refractivity contribution >= 4 is 11.9 Å². The van der Waals surface area contributed by atoms with E-state index in [4.69, 9.17) is 16.3 Å². The van der Waals surface area contributed by atoms with Gasteiger partial charge in [0, 0.05) is 6.07 Å². The molecule has 0 bridgehead atoms. The van der Waals surface area contributed by atoms with Crippen LogP contribution in [0, 0.1) is 5.82 Å². The number of rotatable bonds is 6. The molecule has 0 heterocycles. The first kappa shape index (κ1) is 13.9. The number of carbonyl (C=O) groups is 2. The predicted molar refractivity (Wildman–Crippen MR) is 58.4 cm³/mol. The van der Waals surface area contributed by atoms with E-state index in [1.165, 1.54) is 12.1 Å². The molecule has 0 aromatic heterocycles. The molecule has 0 saturated heterocycles. The van der Waals surface area contributed by atoms with Gasteiger partial charge in [0.25, 0.3) is 5.91 Å². The van der Waals surface area contributed by atoms with Gasteiger partial charge in [-0.05, 0) is 12.1 Å². The van der Waals surface area contributed by atoms with Crippen LogP contribution in [-0.4, -0.2) is 18.5 Å². The summed E-state index contributed by atoms with van der Waals surface area (Å²) in [6.45, 7) is -0.0180. The zero-order chi connectivity index (χ0) is 13.5. The van der Waals surface area contributed by atoms with Gasteiger partial charge in [-0.2, -0.15) is 0 Å². The van der Waals surface area contributed by atoms with E-state index >= 15 is 0 Å². The van der Waals surface area contributed by atoms with Gasteiger partial charge in [0.1, 0.15) is 11.6 Å². The molecule has 0 aliphatic carbocycles. The number of carbonyl (C=O) groups excluding carboxylic acids is 2. The Bertz CT molecular complexity index is 453. The van der Waals surface area contributed by atoms with Crippen molar-refractivity contribution in [1.82, 2.24) is 5.59 Å². The number of hydrogen-bond acceptors (Lipinski definition) is 6. The fourth-order valence-electron chi connectivity index (χ4n) is 1.15. The summed E-state index contributed by atoms with van der Waals surface area (Å²) in [6.07, 6.45) is -0.0661. The third kappa shape index (κ3) is 4.00. The van der Waals surface area contributed by atoms with E-state index in [1.54, 1.807) is 5.59 Å². The Hall–Kier alpha value is -2.19. The summed E-state index contributed by atoms with van der Waals surface area (Å²) in [5.41, 5.74) is 6.44. The van der Waals surface area contributed by atoms with Gasteiger partial charge >= 0.3 is 5.97 Å². The fraction of sp³-hybridized carbons (Fsp3) is 0.200. The third-order valence-electron chi connectivity index (χ3n) is 1.95. The largest absolute Gasteiger partial charge is 0.493 e. The first-order valence-electron chi connectivity index (χ1n) is 4.92. The molecule has 0 unspecified atom stereocenters. The molecule has 98 valence electrons. The topological polar surface area (TPSA) is 117 Å². The van der Waals surface area contributed by atoms with E-state index in [2.05, 4.69) is 4.84 Å². The van der Waals surface area contributed by atoms with E-state index in [9.17, 15) is 14.0 Å². The number of ether oxygens (including phenoxy) is 1. The summed E-state index contributed by atoms with van der Waals surface area (Å²) in [5, 5.41) is 0. The van der Waals surface area contributed by atoms with Crippen LogP contribution in [-0.2, 0) is 9.63 Å². The second-order valence-corrected chi connectivity index (χ2v) is 3.20. The molecule has 1 rings (SSSR count). The lowest BCUT2D eigenvalue weighted by molar-refractivity contribution is -0.151. The smallest absolute Gasteiger partial charge is 0.329 e. The number of hydrazine groups is 1. The first-order valence-corrected chi connectivity index (χ1v) is 4.92. The molecule has 0 fully saturated rings. The molecular formula is C10H12FN3O4. The van der Waals surface area contributed by atoms with Crippen molar-refractivity contribution < 1.29 is 23.6 Å². The molecule has 0 atom stereocenters. The highest BCUT2D eigenvalue weighted by Crippen LogP contribution is 2.16. The standard InChI is InChI=1S/C10H12FN3O4/c11-8-5-6(1-2-7(8)10(12)16)17-4-3-9(15)18-14-13/h1-2,5,14H,3-4,13H2,(H2,12,16). The lowest BCUT2D eigenvalue weighted by Crippen LogP contribution is -2.26. The maximum atomic E-state index is 13.3. The minimum atomic E-state index is -0.864. The van der Waals surface area contributed by atoms with Crippen LogP contribution in [0.1, 0.15) is 16.8 Å². The number of primary amides is 1. The minimum absolute atomic E-state index is 0.0180. The maximum absolute atomic E-state index is 13.3. The van der Waals surface area contributed by atoms with Crippen LogP contribution in [0.15, 0.2) is 18.2 Å². The number of benzene rings is 1. The highest BCUT2D eigenvalue weighted by Gasteiger charge is 2.09. The highest BCUT2D eigenvalue weighted by molar-refractivity contribution is 5.93. The number of nitrogens with one attached hydrogen (secondary N) is 1. The first-order chi connectivity index (χ1) is 8.54. The normalized spacial score (nSPS) is 9.89. The number of hydrogen-bond donors (Lipinski definition) is 3. The van der Waals surface area contributed by atoms with E-state index in [-0.39, 0.29) is 24.3 Å². The van der Waals surface area contributed by atoms with Crippen LogP contribution in [0.2, 0.25) is 0 Å². The average Bonchev–Trinajstić information content (AvgIpc) is 2.29. The SMILES string of the molecule is NNOC(=O)CCOc1ccc(C(N)=O)c(F)c1. The van der Waals surface area contributed by atoms with Gasteiger partial charge in [-0.15, -0.1) is 0 Å². The summed E-state index contributed by atoms with van der Waals surface area (Å²) in [7, 11) is 0. The van der Waals surface area contributed by atoms with Crippen molar-refractivity contribution in [3.8, 4) is 5.75 Å². The molecule has 0 spiro atoms. The van der Waals surface area contributed by atoms with Crippen molar-refractivity contribution in [3.05, 3.63) is 29.6 Å². The van der Waals surface area contributed by atoms with E-state index in [0.29, 0.717) is 0 Å². The lowest BCUT2D eigenvalue weighted by atomic mass is 10.2. The summed E-state index contributed by atoms with van der Waals surface area (Å²) in [4.78, 5) is 25.9. The maximum Gasteiger partial charge on any atom is 0.329 e. The van der Waals surface area contributed by atoms with E-state index < -0.39 is 17.7 Å². The summed E-state index contributed by atoms with van der Waals surface area (Å²) in [6, 6.07) is 3.58. The number of amides is 1. The van der Waals surface area contributed by atoms with Crippen LogP contribution in [0.25, 0.3) is 0 Å². The number of halogens is 1. The molecule has 1 aromatic rings. The second-order valence-electron chi connectivity index (χ2n) is 3.20. The zero-order valence-electron chi connectivity index (χ0n) is 9.31. The van der Waals surface area contributed by atoms with Crippen LogP contribution in [0.5, 0.6) is 5.75 Å². The molecule has 18 heavy (non-hydrogen) atoms. The van der Waals surface area contributed by atoms with Gasteiger partial charge in [-0.3, -0.25) is 9.59 Å². The number of nitrogens with two attached hydrogens (primary N) is 2. The second kappa shape index (κ2) is 6.52. The average molecular weight is 257 g/mol. The Balaban J connectivity index is 2.51. The Kier molecular flexibility index (Phi) is 5.03. The summed E-state index contributed by atoms with van der Waals surface area (Å²) in [5.74, 6) is 2.65. The van der Waals surface area contributed by atoms with Crippen molar-refractivity contribution in [2.75, 3.05) is 6.61 Å². The van der Waals surface area contributed by atoms with Crippen molar-refractivity contribution in [2.45, 2.75) is 6.42 Å². The quantitative estimate of drug-likeness (QED) is 0.472. The van der Waals surface area contributed by atoms with Crippen LogP contribution in [0.4, 0.5) is 4.39 Å². The van der Waals surface area contributed by atoms with Crippen LogP contribution < -0.4 is 21.9 Å². The molecule has 0 radical (unpaired) electrons. The van der Waals surface area contributed by atoms with Gasteiger partial charge in [0.2, 0.25) is 0 Å². The van der Waals surface area contributed by atoms with Gasteiger partial charge in [-0.1, -0.05) is 5.59 Å². The van der Waals surface area contributed by atoms with E-state index in [1.807, 2.05) is 0 Å². The molecule has 7 nitrogen and oxygen atoms in total. The third-order valence-corrected chi connectivity index (χ3v) is 1.95. The van der Waals surface area contributed by atoms with Gasteiger partial charge in [0.05, 0.1) is 18.6 Å². The molecule has 0 aliphatic heterocycles. The fourth-order valence-corrected chi connectivity index (χ4v) is 1.15. The summed E-state index contributed by atoms with van der Waals surface area (Å²) >= 11 is 0. The highest BCUT2D eigenvalue weighted by atomic mass is 19.1. The van der Waals surface area contributed by atoms with Crippen molar-refractivity contribution in [3.63, 3.8) is 0 Å². The molecule has 1 aromatic carbocycles. The van der Waals surface area contributed by atoms with Gasteiger partial charge in [-0.25, -0.2) is 10.2 Å². The Morgan fingerprint density at radius 1 is 1.39 bits per heavy atom. The summed E-state index contributed by atoms with van der Waals surface area (Å²) < 4.78 is 18.4. The lowest BCUT2D eigenvalue weighted by Gasteiger charge is -2.06. The molecule has 8 heteroatoms. The zero-order valence-corrected chi connectivity index (χ0v) is 9.31. The van der Waals surface area contributed by atoms with E-state index in [0.717, 1.165) is 6.07 Å². The van der Waals surface area contributed by atoms with Crippen molar-refractivity contribution in [1.29, 1.82) is 0 Å². The Morgan fingerprint density at radius 2 is 2.11 bits per heavy atom. The van der Waals surface area contributed by atoms with Gasteiger partial charge in [0.15, 0.2) is 0 Å². The Morgan fingerprint density at radius 3 is 2.67 bits per heavy atom. The minimum Gasteiger partial charge on any atom is -0.493 e. The van der Waals surface area contributed by atoms with Gasteiger partial charge < -0.3 is 15.3 Å². The predicted octanol–water partition coefficient (Wildman–Crippen LogP) is -0.385. The molecule has 1 amide bonds. The van der Waals surface area contributed by atoms with Crippen molar-refractivity contribution in [2.24, 2.45) is 11.6 Å². The molecular weight excluding hydrogens is 245 g/mol. The molecule has 5 N–H and O–H groups in total. The van der Waals surface area contributed by atoms with Crippen LogP contribution in [0.3, 0.4) is 0 Å². The molecule has 0 aliphatic rings. The Labute approximate surface area is 102 Å². The van der Waals surface area contributed by atoms with Crippen LogP contribution >= 0.6 is 0 Å². The monoisotopic (exact) mass is 257 g/mol. The molecule has 0 saturated carbocycles.